The fraction of sp³-hybridized carbons (Fsp3) is 0. The Balaban J connectivity index is 0.000000144. The summed E-state index contributed by atoms with van der Waals surface area (Å²) in [5.41, 5.74) is 19.9. The van der Waals surface area contributed by atoms with Crippen LogP contribution in [-0.4, -0.2) is 0 Å². The van der Waals surface area contributed by atoms with E-state index in [0.717, 1.165) is 78.8 Å². The Morgan fingerprint density at radius 3 is 1.12 bits per heavy atom. The van der Waals surface area contributed by atoms with Gasteiger partial charge in [-0.25, -0.2) is 0 Å². The van der Waals surface area contributed by atoms with E-state index in [1.807, 2.05) is 46.1 Å². The molecular formula is C100H66N4OS3. The molecule has 0 aliphatic carbocycles. The number of para-hydroxylation sites is 4. The van der Waals surface area contributed by atoms with Crippen molar-refractivity contribution in [3.63, 3.8) is 0 Å². The topological polar surface area (TPSA) is 26.1 Å². The number of hydrogen-bond donors (Lipinski definition) is 0. The van der Waals surface area contributed by atoms with Crippen molar-refractivity contribution in [2.75, 3.05) is 19.6 Å². The maximum Gasteiger partial charge on any atom is 0.137 e. The van der Waals surface area contributed by atoms with Crippen LogP contribution in [0.5, 0.6) is 0 Å². The number of benzene rings is 17. The molecule has 21 aromatic rings. The van der Waals surface area contributed by atoms with Gasteiger partial charge in [0.05, 0.1) is 17.1 Å². The molecule has 4 aromatic heterocycles. The van der Waals surface area contributed by atoms with Gasteiger partial charge in [-0.1, -0.05) is 231 Å². The van der Waals surface area contributed by atoms with Crippen molar-refractivity contribution < 1.29 is 4.42 Å². The highest BCUT2D eigenvalue weighted by Crippen LogP contribution is 2.52. The van der Waals surface area contributed by atoms with Crippen LogP contribution in [0, 0.1) is 0 Å². The van der Waals surface area contributed by atoms with Gasteiger partial charge in [0.1, 0.15) is 11.2 Å². The Bertz CT molecular complexity index is 6830. The summed E-state index contributed by atoms with van der Waals surface area (Å²) in [6.07, 6.45) is 0. The highest BCUT2D eigenvalue weighted by atomic mass is 32.1. The molecule has 0 saturated carbocycles. The van der Waals surface area contributed by atoms with E-state index in [1.165, 1.54) is 105 Å². The Morgan fingerprint density at radius 2 is 0.528 bits per heavy atom. The van der Waals surface area contributed by atoms with E-state index in [0.29, 0.717) is 0 Å². The molecule has 21 rings (SSSR count). The Hall–Kier alpha value is -13.3. The number of rotatable bonds is 14. The van der Waals surface area contributed by atoms with Gasteiger partial charge < -0.3 is 24.0 Å². The van der Waals surface area contributed by atoms with Crippen molar-refractivity contribution >= 4 is 195 Å². The molecule has 0 amide bonds. The molecule has 4 heterocycles. The van der Waals surface area contributed by atoms with Crippen molar-refractivity contribution in [2.24, 2.45) is 0 Å². The Morgan fingerprint density at radius 1 is 0.176 bits per heavy atom. The number of nitrogens with zero attached hydrogens (tertiary/aromatic N) is 4. The summed E-state index contributed by atoms with van der Waals surface area (Å²) in [5, 5.41) is 12.3. The average Bonchev–Trinajstić information content (AvgIpc) is 1.51. The molecule has 0 N–H and O–H groups in total. The molecule has 510 valence electrons. The van der Waals surface area contributed by atoms with Crippen LogP contribution in [0.4, 0.5) is 68.2 Å². The molecule has 0 saturated heterocycles. The fourth-order valence-electron chi connectivity index (χ4n) is 15.7. The summed E-state index contributed by atoms with van der Waals surface area (Å²) in [6, 6.07) is 144. The summed E-state index contributed by atoms with van der Waals surface area (Å²) < 4.78 is 14.1. The lowest BCUT2D eigenvalue weighted by Gasteiger charge is -2.28. The average molecular weight is 1440 g/mol. The van der Waals surface area contributed by atoms with E-state index in [-0.39, 0.29) is 0 Å². The van der Waals surface area contributed by atoms with Crippen LogP contribution in [0.3, 0.4) is 0 Å². The zero-order valence-corrected chi connectivity index (χ0v) is 61.0. The van der Waals surface area contributed by atoms with Crippen LogP contribution >= 0.6 is 34.0 Å². The lowest BCUT2D eigenvalue weighted by atomic mass is 10.0. The van der Waals surface area contributed by atoms with E-state index in [9.17, 15) is 0 Å². The van der Waals surface area contributed by atoms with Crippen LogP contribution in [0.2, 0.25) is 0 Å². The molecule has 0 radical (unpaired) electrons. The van der Waals surface area contributed by atoms with Crippen molar-refractivity contribution in [1.29, 1.82) is 0 Å². The quantitative estimate of drug-likeness (QED) is 0.108. The first kappa shape index (κ1) is 64.3. The van der Waals surface area contributed by atoms with Crippen LogP contribution < -0.4 is 19.6 Å². The smallest absolute Gasteiger partial charge is 0.137 e. The van der Waals surface area contributed by atoms with Gasteiger partial charge in [0.25, 0.3) is 0 Å². The van der Waals surface area contributed by atoms with Gasteiger partial charge >= 0.3 is 0 Å². The number of furan rings is 1. The van der Waals surface area contributed by atoms with Crippen LogP contribution in [-0.2, 0) is 0 Å². The Kier molecular flexibility index (Phi) is 16.4. The first-order valence-electron chi connectivity index (χ1n) is 36.4. The first-order valence-corrected chi connectivity index (χ1v) is 38.9. The lowest BCUT2D eigenvalue weighted by molar-refractivity contribution is 0.669. The van der Waals surface area contributed by atoms with Crippen LogP contribution in [0.25, 0.3) is 115 Å². The monoisotopic (exact) mass is 1430 g/mol. The first-order chi connectivity index (χ1) is 53.5. The summed E-state index contributed by atoms with van der Waals surface area (Å²) >= 11 is 5.57. The van der Waals surface area contributed by atoms with E-state index in [1.54, 1.807) is 0 Å². The van der Waals surface area contributed by atoms with Crippen molar-refractivity contribution in [3.8, 4) is 22.3 Å². The van der Waals surface area contributed by atoms with Crippen molar-refractivity contribution in [1.82, 2.24) is 0 Å². The van der Waals surface area contributed by atoms with Gasteiger partial charge in [-0.15, -0.1) is 34.0 Å². The molecule has 0 aliphatic heterocycles. The van der Waals surface area contributed by atoms with Crippen molar-refractivity contribution in [2.45, 2.75) is 0 Å². The second-order valence-electron chi connectivity index (χ2n) is 27.1. The van der Waals surface area contributed by atoms with Gasteiger partial charge in [-0.3, -0.25) is 0 Å². The largest absolute Gasteiger partial charge is 0.456 e. The highest BCUT2D eigenvalue weighted by Gasteiger charge is 2.25. The second-order valence-corrected chi connectivity index (χ2v) is 30.3. The van der Waals surface area contributed by atoms with Crippen LogP contribution in [0.1, 0.15) is 0 Å². The van der Waals surface area contributed by atoms with Gasteiger partial charge in [-0.2, -0.15) is 0 Å². The molecule has 8 heteroatoms. The summed E-state index contributed by atoms with van der Waals surface area (Å²) in [7, 11) is 0. The minimum absolute atomic E-state index is 0.866. The molecule has 108 heavy (non-hydrogen) atoms. The normalized spacial score (nSPS) is 11.5. The second kappa shape index (κ2) is 27.6. The zero-order chi connectivity index (χ0) is 71.4. The van der Waals surface area contributed by atoms with E-state index >= 15 is 0 Å². The van der Waals surface area contributed by atoms with Gasteiger partial charge in [0.15, 0.2) is 0 Å². The van der Waals surface area contributed by atoms with Gasteiger partial charge in [0.2, 0.25) is 0 Å². The lowest BCUT2D eigenvalue weighted by Crippen LogP contribution is -2.11. The third kappa shape index (κ3) is 11.7. The number of anilines is 12. The molecule has 17 aromatic carbocycles. The third-order valence-corrected chi connectivity index (χ3v) is 24.1. The molecule has 5 nitrogen and oxygen atoms in total. The SMILES string of the molecule is c1ccc(-c2ccc(N(c3ccc4c(c3)oc3ccccc34)c3ccc4sc5cccc(N(c6ccccc6)c6ccc(-c7ccccc7)cc6)c5c4c3)cc2)cc1.c1ccc(N(c2ccccc2)c2ccc3sc4cccc(N(c5ccc6c(c5)sc5ccccc56)c5cccc6ccccc56)c4c3c2)cc1. The Labute approximate surface area is 637 Å². The van der Waals surface area contributed by atoms with Gasteiger partial charge in [-0.05, 0) is 191 Å². The molecule has 0 bridgehead atoms. The van der Waals surface area contributed by atoms with E-state index < -0.39 is 0 Å². The minimum Gasteiger partial charge on any atom is -0.456 e. The highest BCUT2D eigenvalue weighted by molar-refractivity contribution is 7.26. The summed E-state index contributed by atoms with van der Waals surface area (Å²) in [5.74, 6) is 0. The number of thiophene rings is 3. The van der Waals surface area contributed by atoms with Crippen molar-refractivity contribution in [3.05, 3.63) is 400 Å². The van der Waals surface area contributed by atoms with Crippen LogP contribution in [0.15, 0.2) is 405 Å². The summed E-state index contributed by atoms with van der Waals surface area (Å²) in [6.45, 7) is 0. The number of hydrogen-bond acceptors (Lipinski definition) is 8. The van der Waals surface area contributed by atoms with E-state index in [2.05, 4.69) is 408 Å². The van der Waals surface area contributed by atoms with E-state index in [4.69, 9.17) is 4.42 Å². The fourth-order valence-corrected chi connectivity index (χ4v) is 19.0. The van der Waals surface area contributed by atoms with Gasteiger partial charge in [0, 0.05) is 134 Å². The molecule has 0 aliphatic rings. The third-order valence-electron chi connectivity index (χ3n) is 20.7. The zero-order valence-electron chi connectivity index (χ0n) is 58.5. The maximum absolute atomic E-state index is 6.44. The minimum atomic E-state index is 0.866. The molecular weight excluding hydrogens is 1370 g/mol. The predicted molar refractivity (Wildman–Crippen MR) is 466 cm³/mol. The summed E-state index contributed by atoms with van der Waals surface area (Å²) in [4.78, 5) is 9.58. The number of fused-ring (bicyclic) bond motifs is 13. The molecule has 0 unspecified atom stereocenters. The molecule has 0 fully saturated rings. The molecule has 0 atom stereocenters. The molecule has 0 spiro atoms. The maximum atomic E-state index is 6.44. The standard InChI is InChI=1S/C54H36N2OS.C46H30N2S2/c1-4-13-37(14-5-1)39-23-27-42(28-24-39)55(45-31-33-47-46-19-10-11-21-50(46)57-51(47)36-45)44-32-34-52-48(35-44)54-49(20-12-22-53(54)58-52)56(41-17-8-3-9-18-41)43-29-25-40(26-30-43)38-15-6-2-7-16-38;1-3-15-32(16-4-1)47(33-17-5-2-6-18-33)34-26-28-43-39(29-34)46-41(22-12-24-44(46)49-43)48(40-21-11-14-31-13-7-8-19-36(31)40)35-25-27-38-37-20-9-10-23-42(37)50-45(38)30-35/h1-36H;1-30H. The predicted octanol–water partition coefficient (Wildman–Crippen LogP) is 30.7.